The molecule has 0 saturated heterocycles. The van der Waals surface area contributed by atoms with E-state index in [4.69, 9.17) is 0 Å². The lowest BCUT2D eigenvalue weighted by atomic mass is 10.0. The second-order valence-electron chi connectivity index (χ2n) is 7.23. The molecule has 0 unspecified atom stereocenters. The lowest BCUT2D eigenvalue weighted by Gasteiger charge is -2.06. The van der Waals surface area contributed by atoms with Crippen LogP contribution in [0.2, 0.25) is 0 Å². The molecule has 1 aromatic carbocycles. The molecule has 0 heterocycles. The number of hydrogen-bond donors (Lipinski definition) is 1. The van der Waals surface area contributed by atoms with Crippen molar-refractivity contribution in [1.82, 2.24) is 4.72 Å². The minimum absolute atomic E-state index is 0.321. The molecule has 1 N–H and O–H groups in total. The van der Waals surface area contributed by atoms with Crippen molar-refractivity contribution in [2.24, 2.45) is 0 Å². The Hall–Kier alpha value is -0.870. The van der Waals surface area contributed by atoms with Gasteiger partial charge in [0.25, 0.3) is 0 Å². The molecule has 0 aliphatic carbocycles. The number of sulfonamides is 1. The van der Waals surface area contributed by atoms with E-state index in [-0.39, 0.29) is 0 Å². The van der Waals surface area contributed by atoms with Crippen LogP contribution in [0.4, 0.5) is 0 Å². The lowest BCUT2D eigenvalue weighted by molar-refractivity contribution is 0.533. The third-order valence-corrected chi connectivity index (χ3v) is 6.30. The van der Waals surface area contributed by atoms with Gasteiger partial charge in [0.15, 0.2) is 0 Å². The SMILES string of the molecule is CCCCCCCCCCCCCCCCNS(=O)(=O)c1cc[c]cc1. The van der Waals surface area contributed by atoms with Gasteiger partial charge in [-0.15, -0.1) is 0 Å². The molecule has 0 aromatic heterocycles. The molecule has 1 radical (unpaired) electrons. The summed E-state index contributed by atoms with van der Waals surface area (Å²) < 4.78 is 26.8. The molecule has 0 spiro atoms. The number of benzene rings is 1. The van der Waals surface area contributed by atoms with E-state index < -0.39 is 10.0 Å². The summed E-state index contributed by atoms with van der Waals surface area (Å²) in [5, 5.41) is 0. The van der Waals surface area contributed by atoms with E-state index in [1.807, 2.05) is 0 Å². The normalized spacial score (nSPS) is 11.7. The molecule has 149 valence electrons. The largest absolute Gasteiger partial charge is 0.240 e. The molecule has 4 heteroatoms. The van der Waals surface area contributed by atoms with Crippen LogP contribution in [0.3, 0.4) is 0 Å². The van der Waals surface area contributed by atoms with Gasteiger partial charge in [0, 0.05) is 6.54 Å². The fourth-order valence-electron chi connectivity index (χ4n) is 3.16. The minimum atomic E-state index is -3.35. The van der Waals surface area contributed by atoms with Crippen molar-refractivity contribution in [2.45, 2.75) is 102 Å². The predicted molar refractivity (Wildman–Crippen MR) is 111 cm³/mol. The van der Waals surface area contributed by atoms with Crippen LogP contribution in [0.1, 0.15) is 96.8 Å². The quantitative estimate of drug-likeness (QED) is 0.325. The Morgan fingerprint density at radius 2 is 1.15 bits per heavy atom. The summed E-state index contributed by atoms with van der Waals surface area (Å²) in [5.41, 5.74) is 0. The molecule has 0 aliphatic rings. The van der Waals surface area contributed by atoms with Crippen LogP contribution in [0.5, 0.6) is 0 Å². The monoisotopic (exact) mass is 380 g/mol. The van der Waals surface area contributed by atoms with Gasteiger partial charge in [-0.2, -0.15) is 0 Å². The second-order valence-corrected chi connectivity index (χ2v) is 9.00. The van der Waals surface area contributed by atoms with Crippen LogP contribution in [-0.4, -0.2) is 15.0 Å². The average Bonchev–Trinajstić information content (AvgIpc) is 2.65. The predicted octanol–water partition coefficient (Wildman–Crippen LogP) is 6.25. The molecule has 0 amide bonds. The van der Waals surface area contributed by atoms with Gasteiger partial charge in [-0.3, -0.25) is 0 Å². The summed E-state index contributed by atoms with van der Waals surface area (Å²) in [7, 11) is -3.35. The van der Waals surface area contributed by atoms with E-state index >= 15 is 0 Å². The Morgan fingerprint density at radius 1 is 0.731 bits per heavy atom. The maximum atomic E-state index is 12.0. The van der Waals surface area contributed by atoms with Gasteiger partial charge in [-0.25, -0.2) is 13.1 Å². The smallest absolute Gasteiger partial charge is 0.211 e. The summed E-state index contributed by atoms with van der Waals surface area (Å²) in [5.74, 6) is 0. The van der Waals surface area contributed by atoms with Crippen LogP contribution in [0.15, 0.2) is 29.2 Å². The molecule has 0 saturated carbocycles. The summed E-state index contributed by atoms with van der Waals surface area (Å²) >= 11 is 0. The highest BCUT2D eigenvalue weighted by molar-refractivity contribution is 7.89. The Bertz CT molecular complexity index is 528. The van der Waals surface area contributed by atoms with Gasteiger partial charge >= 0.3 is 0 Å². The number of hydrogen-bond acceptors (Lipinski definition) is 2. The molecule has 0 atom stereocenters. The number of unbranched alkanes of at least 4 members (excludes halogenated alkanes) is 13. The van der Waals surface area contributed by atoms with Crippen molar-refractivity contribution in [2.75, 3.05) is 6.54 Å². The standard InChI is InChI=1S/C22H38NO2S/c1-2-3-4-5-6-7-8-9-10-11-12-13-14-18-21-23-26(24,25)22-19-16-15-17-20-22/h16-17,19-20,23H,2-14,18,21H2,1H3. The fraction of sp³-hybridized carbons (Fsp3) is 0.727. The highest BCUT2D eigenvalue weighted by Gasteiger charge is 2.11. The summed E-state index contributed by atoms with van der Waals surface area (Å²) in [4.78, 5) is 0.321. The molecule has 0 fully saturated rings. The topological polar surface area (TPSA) is 46.2 Å². The lowest BCUT2D eigenvalue weighted by Crippen LogP contribution is -2.24. The van der Waals surface area contributed by atoms with Gasteiger partial charge in [0.2, 0.25) is 10.0 Å². The minimum Gasteiger partial charge on any atom is -0.211 e. The van der Waals surface area contributed by atoms with Gasteiger partial charge < -0.3 is 0 Å². The first-order valence-electron chi connectivity index (χ1n) is 10.6. The van der Waals surface area contributed by atoms with Crippen LogP contribution in [0.25, 0.3) is 0 Å². The molecule has 1 rings (SSSR count). The van der Waals surface area contributed by atoms with Gasteiger partial charge in [-0.05, 0) is 24.6 Å². The zero-order chi connectivity index (χ0) is 18.9. The van der Waals surface area contributed by atoms with E-state index in [1.54, 1.807) is 24.3 Å². The molecule has 0 bridgehead atoms. The molecule has 3 nitrogen and oxygen atoms in total. The van der Waals surface area contributed by atoms with Crippen LogP contribution >= 0.6 is 0 Å². The maximum absolute atomic E-state index is 12.0. The second kappa shape index (κ2) is 15.2. The first kappa shape index (κ1) is 23.2. The summed E-state index contributed by atoms with van der Waals surface area (Å²) in [6, 6.07) is 9.24. The summed E-state index contributed by atoms with van der Waals surface area (Å²) in [6.45, 7) is 2.79. The number of rotatable bonds is 17. The Balaban J connectivity index is 1.87. The van der Waals surface area contributed by atoms with Crippen LogP contribution < -0.4 is 4.72 Å². The highest BCUT2D eigenvalue weighted by Crippen LogP contribution is 2.13. The van der Waals surface area contributed by atoms with Crippen LogP contribution in [-0.2, 0) is 10.0 Å². The third kappa shape index (κ3) is 11.7. The zero-order valence-corrected chi connectivity index (χ0v) is 17.5. The van der Waals surface area contributed by atoms with E-state index in [0.717, 1.165) is 12.8 Å². The van der Waals surface area contributed by atoms with E-state index in [2.05, 4.69) is 17.7 Å². The van der Waals surface area contributed by atoms with Crippen molar-refractivity contribution in [1.29, 1.82) is 0 Å². The Morgan fingerprint density at radius 3 is 1.62 bits per heavy atom. The van der Waals surface area contributed by atoms with E-state index in [9.17, 15) is 8.42 Å². The molecular formula is C22H38NO2S. The number of nitrogens with one attached hydrogen (secondary N) is 1. The molecule has 26 heavy (non-hydrogen) atoms. The Kier molecular flexibility index (Phi) is 13.6. The molecular weight excluding hydrogens is 342 g/mol. The van der Waals surface area contributed by atoms with Gasteiger partial charge in [0.1, 0.15) is 0 Å². The van der Waals surface area contributed by atoms with E-state index in [1.165, 1.54) is 77.0 Å². The third-order valence-electron chi connectivity index (χ3n) is 4.82. The fourth-order valence-corrected chi connectivity index (χ4v) is 4.23. The first-order chi connectivity index (χ1) is 12.7. The average molecular weight is 381 g/mol. The Labute approximate surface area is 162 Å². The first-order valence-corrected chi connectivity index (χ1v) is 12.1. The van der Waals surface area contributed by atoms with Crippen molar-refractivity contribution in [3.8, 4) is 0 Å². The van der Waals surface area contributed by atoms with Crippen molar-refractivity contribution in [3.05, 3.63) is 30.3 Å². The molecule has 0 aliphatic heterocycles. The van der Waals surface area contributed by atoms with Crippen molar-refractivity contribution >= 4 is 10.0 Å². The summed E-state index contributed by atoms with van der Waals surface area (Å²) in [6.07, 6.45) is 18.3. The van der Waals surface area contributed by atoms with Gasteiger partial charge in [-0.1, -0.05) is 103 Å². The van der Waals surface area contributed by atoms with E-state index in [0.29, 0.717) is 11.4 Å². The highest BCUT2D eigenvalue weighted by atomic mass is 32.2. The van der Waals surface area contributed by atoms with Crippen molar-refractivity contribution in [3.63, 3.8) is 0 Å². The maximum Gasteiger partial charge on any atom is 0.240 e. The van der Waals surface area contributed by atoms with Crippen LogP contribution in [0, 0.1) is 6.07 Å². The van der Waals surface area contributed by atoms with Gasteiger partial charge in [0.05, 0.1) is 4.90 Å². The van der Waals surface area contributed by atoms with Crippen molar-refractivity contribution < 1.29 is 8.42 Å². The zero-order valence-electron chi connectivity index (χ0n) is 16.6. The molecule has 1 aromatic rings.